The molecule has 1 aromatic heterocycles. The first-order valence-corrected chi connectivity index (χ1v) is 6.23. The van der Waals surface area contributed by atoms with E-state index in [9.17, 15) is 4.39 Å². The Morgan fingerprint density at radius 1 is 1.29 bits per heavy atom. The highest BCUT2D eigenvalue weighted by Crippen LogP contribution is 2.33. The summed E-state index contributed by atoms with van der Waals surface area (Å²) in [5.74, 6) is 0.653. The van der Waals surface area contributed by atoms with Crippen molar-refractivity contribution in [2.75, 3.05) is 6.54 Å². The van der Waals surface area contributed by atoms with Gasteiger partial charge in [-0.1, -0.05) is 11.8 Å². The van der Waals surface area contributed by atoms with Gasteiger partial charge < -0.3 is 10.2 Å². The van der Waals surface area contributed by atoms with E-state index in [2.05, 4.69) is 0 Å². The summed E-state index contributed by atoms with van der Waals surface area (Å²) in [5, 5.41) is 0. The Balaban J connectivity index is 2.29. The van der Waals surface area contributed by atoms with E-state index in [1.807, 2.05) is 13.0 Å². The van der Waals surface area contributed by atoms with Crippen LogP contribution in [0, 0.1) is 12.7 Å². The summed E-state index contributed by atoms with van der Waals surface area (Å²) in [6, 6.07) is 6.72. The highest BCUT2D eigenvalue weighted by Gasteiger charge is 2.08. The minimum atomic E-state index is -0.221. The highest BCUT2D eigenvalue weighted by molar-refractivity contribution is 7.99. The largest absolute Gasteiger partial charge is 0.468 e. The summed E-state index contributed by atoms with van der Waals surface area (Å²) >= 11 is 1.58. The van der Waals surface area contributed by atoms with Crippen molar-refractivity contribution in [3.05, 3.63) is 47.7 Å². The molecule has 0 spiro atoms. The molecule has 4 heteroatoms. The van der Waals surface area contributed by atoms with E-state index in [1.165, 1.54) is 6.07 Å². The molecular formula is C13H14FNOS. The molecule has 17 heavy (non-hydrogen) atoms. The smallest absolute Gasteiger partial charge is 0.123 e. The summed E-state index contributed by atoms with van der Waals surface area (Å²) in [5.41, 5.74) is 6.48. The Hall–Kier alpha value is -1.26. The molecule has 0 bridgehead atoms. The number of furan rings is 1. The second-order valence-corrected chi connectivity index (χ2v) is 4.82. The van der Waals surface area contributed by atoms with Crippen LogP contribution in [0.4, 0.5) is 4.39 Å². The van der Waals surface area contributed by atoms with Gasteiger partial charge in [0, 0.05) is 4.90 Å². The number of halogens is 1. The molecule has 0 aliphatic rings. The van der Waals surface area contributed by atoms with Gasteiger partial charge in [-0.3, -0.25) is 0 Å². The van der Waals surface area contributed by atoms with Crippen LogP contribution in [0.5, 0.6) is 0 Å². The molecule has 1 aromatic carbocycles. The van der Waals surface area contributed by atoms with Gasteiger partial charge >= 0.3 is 0 Å². The molecule has 2 nitrogen and oxygen atoms in total. The highest BCUT2D eigenvalue weighted by atomic mass is 32.2. The van der Waals surface area contributed by atoms with Gasteiger partial charge in [-0.2, -0.15) is 0 Å². The number of nitrogens with two attached hydrogens (primary N) is 1. The lowest BCUT2D eigenvalue weighted by atomic mass is 10.1. The molecule has 2 N–H and O–H groups in total. The molecule has 0 aliphatic heterocycles. The molecule has 2 rings (SSSR count). The van der Waals surface area contributed by atoms with Crippen molar-refractivity contribution in [2.24, 2.45) is 5.73 Å². The number of hydrogen-bond donors (Lipinski definition) is 1. The maximum atomic E-state index is 13.2. The predicted molar refractivity (Wildman–Crippen MR) is 66.7 cm³/mol. The van der Waals surface area contributed by atoms with Crippen LogP contribution in [-0.4, -0.2) is 6.54 Å². The second kappa shape index (κ2) is 5.38. The lowest BCUT2D eigenvalue weighted by Gasteiger charge is -2.07. The summed E-state index contributed by atoms with van der Waals surface area (Å²) in [4.78, 5) is 2.08. The maximum Gasteiger partial charge on any atom is 0.123 e. The van der Waals surface area contributed by atoms with E-state index in [0.717, 1.165) is 21.1 Å². The average Bonchev–Trinajstić information content (AvgIpc) is 2.69. The molecule has 2 aromatic rings. The Bertz CT molecular complexity index is 510. The lowest BCUT2D eigenvalue weighted by Crippen LogP contribution is -2.04. The first-order chi connectivity index (χ1) is 8.20. The van der Waals surface area contributed by atoms with E-state index in [0.29, 0.717) is 13.0 Å². The number of aryl methyl sites for hydroxylation is 1. The van der Waals surface area contributed by atoms with Gasteiger partial charge in [0.15, 0.2) is 0 Å². The molecule has 0 saturated heterocycles. The van der Waals surface area contributed by atoms with E-state index < -0.39 is 0 Å². The van der Waals surface area contributed by atoms with E-state index >= 15 is 0 Å². The second-order valence-electron chi connectivity index (χ2n) is 3.73. The van der Waals surface area contributed by atoms with Gasteiger partial charge in [-0.25, -0.2) is 4.39 Å². The van der Waals surface area contributed by atoms with Gasteiger partial charge in [-0.15, -0.1) is 0 Å². The zero-order valence-corrected chi connectivity index (χ0v) is 10.4. The first-order valence-electron chi connectivity index (χ1n) is 5.41. The standard InChI is InChI=1S/C13H14FNOS/c1-9-12(5-7-16-9)17-13-3-2-11(14)8-10(13)4-6-15/h2-3,5,7-8H,4,6,15H2,1H3. The third-order valence-corrected chi connectivity index (χ3v) is 3.73. The van der Waals surface area contributed by atoms with Gasteiger partial charge in [0.05, 0.1) is 11.2 Å². The maximum absolute atomic E-state index is 13.2. The fraction of sp³-hybridized carbons (Fsp3) is 0.231. The normalized spacial score (nSPS) is 10.8. The van der Waals surface area contributed by atoms with Crippen molar-refractivity contribution in [1.82, 2.24) is 0 Å². The molecule has 0 atom stereocenters. The molecular weight excluding hydrogens is 237 g/mol. The predicted octanol–water partition coefficient (Wildman–Crippen LogP) is 3.38. The van der Waals surface area contributed by atoms with Crippen LogP contribution in [0.2, 0.25) is 0 Å². The summed E-state index contributed by atoms with van der Waals surface area (Å²) in [6.07, 6.45) is 2.33. The molecule has 0 unspecified atom stereocenters. The number of benzene rings is 1. The summed E-state index contributed by atoms with van der Waals surface area (Å²) < 4.78 is 18.4. The molecule has 0 aliphatic carbocycles. The van der Waals surface area contributed by atoms with Crippen molar-refractivity contribution >= 4 is 11.8 Å². The lowest BCUT2D eigenvalue weighted by molar-refractivity contribution is 0.527. The molecule has 1 heterocycles. The molecule has 90 valence electrons. The monoisotopic (exact) mass is 251 g/mol. The Morgan fingerprint density at radius 2 is 2.12 bits per heavy atom. The topological polar surface area (TPSA) is 39.2 Å². The van der Waals surface area contributed by atoms with Crippen molar-refractivity contribution in [3.63, 3.8) is 0 Å². The van der Waals surface area contributed by atoms with Crippen LogP contribution in [0.1, 0.15) is 11.3 Å². The van der Waals surface area contributed by atoms with Crippen molar-refractivity contribution < 1.29 is 8.81 Å². The van der Waals surface area contributed by atoms with Gasteiger partial charge in [0.1, 0.15) is 11.6 Å². The quantitative estimate of drug-likeness (QED) is 0.905. The van der Waals surface area contributed by atoms with Crippen LogP contribution >= 0.6 is 11.8 Å². The molecule has 0 radical (unpaired) electrons. The van der Waals surface area contributed by atoms with Crippen molar-refractivity contribution in [1.29, 1.82) is 0 Å². The number of rotatable bonds is 4. The van der Waals surface area contributed by atoms with E-state index in [-0.39, 0.29) is 5.82 Å². The minimum absolute atomic E-state index is 0.221. The van der Waals surface area contributed by atoms with Gasteiger partial charge in [0.2, 0.25) is 0 Å². The van der Waals surface area contributed by atoms with E-state index in [1.54, 1.807) is 30.2 Å². The van der Waals surface area contributed by atoms with Crippen molar-refractivity contribution in [3.8, 4) is 0 Å². The third-order valence-electron chi connectivity index (χ3n) is 2.47. The van der Waals surface area contributed by atoms with Gasteiger partial charge in [-0.05, 0) is 49.7 Å². The SMILES string of the molecule is Cc1occc1Sc1ccc(F)cc1CCN. The Kier molecular flexibility index (Phi) is 3.86. The summed E-state index contributed by atoms with van der Waals surface area (Å²) in [7, 11) is 0. The number of hydrogen-bond acceptors (Lipinski definition) is 3. The van der Waals surface area contributed by atoms with Crippen LogP contribution in [-0.2, 0) is 6.42 Å². The van der Waals surface area contributed by atoms with Crippen LogP contribution in [0.25, 0.3) is 0 Å². The first kappa shape index (κ1) is 12.2. The Labute approximate surface area is 104 Å². The Morgan fingerprint density at radius 3 is 2.76 bits per heavy atom. The fourth-order valence-corrected chi connectivity index (χ4v) is 2.58. The van der Waals surface area contributed by atoms with Crippen LogP contribution in [0.3, 0.4) is 0 Å². The zero-order chi connectivity index (χ0) is 12.3. The molecule has 0 fully saturated rings. The molecule has 0 amide bonds. The molecule has 0 saturated carbocycles. The third kappa shape index (κ3) is 2.90. The zero-order valence-electron chi connectivity index (χ0n) is 9.57. The van der Waals surface area contributed by atoms with Crippen LogP contribution < -0.4 is 5.73 Å². The van der Waals surface area contributed by atoms with Crippen LogP contribution in [0.15, 0.2) is 44.7 Å². The average molecular weight is 251 g/mol. The minimum Gasteiger partial charge on any atom is -0.468 e. The van der Waals surface area contributed by atoms with Crippen molar-refractivity contribution in [2.45, 2.75) is 23.1 Å². The fourth-order valence-electron chi connectivity index (χ4n) is 1.60. The van der Waals surface area contributed by atoms with E-state index in [4.69, 9.17) is 10.2 Å². The summed E-state index contributed by atoms with van der Waals surface area (Å²) in [6.45, 7) is 2.43. The van der Waals surface area contributed by atoms with Gasteiger partial charge in [0.25, 0.3) is 0 Å².